The van der Waals surface area contributed by atoms with Crippen LogP contribution >= 0.6 is 0 Å². The van der Waals surface area contributed by atoms with Crippen LogP contribution in [0.3, 0.4) is 0 Å². The van der Waals surface area contributed by atoms with Crippen molar-refractivity contribution in [1.29, 1.82) is 0 Å². The zero-order valence-corrected chi connectivity index (χ0v) is 19.5. The maximum absolute atomic E-state index is 14.7. The molecule has 6 nitrogen and oxygen atoms in total. The summed E-state index contributed by atoms with van der Waals surface area (Å²) >= 11 is 0. The second-order valence-corrected chi connectivity index (χ2v) is 9.43. The van der Waals surface area contributed by atoms with Gasteiger partial charge in [-0.1, -0.05) is 25.3 Å². The van der Waals surface area contributed by atoms with Gasteiger partial charge in [-0.2, -0.15) is 0 Å². The Labute approximate surface area is 195 Å². The molecule has 7 heteroatoms. The number of aromatic nitrogens is 1. The lowest BCUT2D eigenvalue weighted by Gasteiger charge is -2.33. The van der Waals surface area contributed by atoms with E-state index in [1.807, 2.05) is 6.92 Å². The molecule has 1 aromatic heterocycles. The van der Waals surface area contributed by atoms with Gasteiger partial charge in [0.25, 0.3) is 0 Å². The number of hydrogen-bond donors (Lipinski definition) is 1. The molecule has 0 bridgehead atoms. The van der Waals surface area contributed by atoms with Crippen LogP contribution in [0, 0.1) is 18.7 Å². The third-order valence-corrected chi connectivity index (χ3v) is 6.86. The van der Waals surface area contributed by atoms with E-state index in [0.29, 0.717) is 18.3 Å². The zero-order chi connectivity index (χ0) is 23.2. The van der Waals surface area contributed by atoms with Gasteiger partial charge in [0.05, 0.1) is 23.7 Å². The van der Waals surface area contributed by atoms with Crippen LogP contribution in [0.15, 0.2) is 36.5 Å². The molecular weight excluding hydrogens is 419 g/mol. The zero-order valence-electron chi connectivity index (χ0n) is 19.5. The normalized spacial score (nSPS) is 18.4. The SMILES string of the molecule is Cc1ccc(N(C(N)=O)c2cc(CN3CCC(OCC4CCCCC4)CC3)ccc2F)cn1. The Balaban J connectivity index is 1.36. The third kappa shape index (κ3) is 6.30. The van der Waals surface area contributed by atoms with Crippen molar-refractivity contribution >= 4 is 17.4 Å². The topological polar surface area (TPSA) is 71.7 Å². The van der Waals surface area contributed by atoms with E-state index in [0.717, 1.165) is 49.7 Å². The van der Waals surface area contributed by atoms with Crippen LogP contribution in [0.25, 0.3) is 0 Å². The second kappa shape index (κ2) is 11.1. The van der Waals surface area contributed by atoms with E-state index in [4.69, 9.17) is 10.5 Å². The molecule has 178 valence electrons. The highest BCUT2D eigenvalue weighted by Crippen LogP contribution is 2.30. The number of hydrogen-bond acceptors (Lipinski definition) is 4. The highest BCUT2D eigenvalue weighted by molar-refractivity contribution is 5.98. The van der Waals surface area contributed by atoms with Crippen molar-refractivity contribution in [2.24, 2.45) is 11.7 Å². The maximum Gasteiger partial charge on any atom is 0.324 e. The smallest absolute Gasteiger partial charge is 0.324 e. The minimum absolute atomic E-state index is 0.149. The van der Waals surface area contributed by atoms with Crippen molar-refractivity contribution < 1.29 is 13.9 Å². The van der Waals surface area contributed by atoms with Crippen molar-refractivity contribution in [2.75, 3.05) is 24.6 Å². The number of ether oxygens (including phenoxy) is 1. The van der Waals surface area contributed by atoms with E-state index in [1.54, 1.807) is 24.3 Å². The van der Waals surface area contributed by atoms with Gasteiger partial charge in [0.15, 0.2) is 0 Å². The molecule has 1 saturated carbocycles. The van der Waals surface area contributed by atoms with Crippen molar-refractivity contribution in [2.45, 2.75) is 64.5 Å². The van der Waals surface area contributed by atoms with Crippen molar-refractivity contribution in [3.8, 4) is 0 Å². The summed E-state index contributed by atoms with van der Waals surface area (Å²) in [6, 6.07) is 7.64. The van der Waals surface area contributed by atoms with Crippen LogP contribution in [0.4, 0.5) is 20.6 Å². The molecule has 1 aliphatic heterocycles. The van der Waals surface area contributed by atoms with Crippen molar-refractivity contribution in [3.63, 3.8) is 0 Å². The molecule has 0 spiro atoms. The van der Waals surface area contributed by atoms with Gasteiger partial charge in [0.1, 0.15) is 5.82 Å². The number of pyridine rings is 1. The van der Waals surface area contributed by atoms with Crippen LogP contribution in [-0.2, 0) is 11.3 Å². The fraction of sp³-hybridized carbons (Fsp3) is 0.538. The van der Waals surface area contributed by atoms with E-state index in [1.165, 1.54) is 49.3 Å². The van der Waals surface area contributed by atoms with E-state index in [-0.39, 0.29) is 5.69 Å². The van der Waals surface area contributed by atoms with Crippen LogP contribution in [-0.4, -0.2) is 41.7 Å². The molecule has 2 N–H and O–H groups in total. The summed E-state index contributed by atoms with van der Waals surface area (Å²) < 4.78 is 20.9. The average molecular weight is 455 g/mol. The van der Waals surface area contributed by atoms with Gasteiger partial charge in [-0.05, 0) is 68.4 Å². The number of anilines is 2. The highest BCUT2D eigenvalue weighted by atomic mass is 19.1. The summed E-state index contributed by atoms with van der Waals surface area (Å²) in [4.78, 5) is 19.9. The third-order valence-electron chi connectivity index (χ3n) is 6.86. The fourth-order valence-corrected chi connectivity index (χ4v) is 4.92. The first-order valence-electron chi connectivity index (χ1n) is 12.1. The van der Waals surface area contributed by atoms with E-state index in [2.05, 4.69) is 9.88 Å². The van der Waals surface area contributed by atoms with Gasteiger partial charge in [-0.15, -0.1) is 0 Å². The molecule has 0 unspecified atom stereocenters. The minimum Gasteiger partial charge on any atom is -0.378 e. The Kier molecular flexibility index (Phi) is 7.93. The maximum atomic E-state index is 14.7. The number of likely N-dealkylation sites (tertiary alicyclic amines) is 1. The van der Waals surface area contributed by atoms with Crippen molar-refractivity contribution in [1.82, 2.24) is 9.88 Å². The summed E-state index contributed by atoms with van der Waals surface area (Å²) in [7, 11) is 0. The summed E-state index contributed by atoms with van der Waals surface area (Å²) in [5, 5.41) is 0. The number of rotatable bonds is 7. The number of aryl methyl sites for hydroxylation is 1. The Morgan fingerprint density at radius 3 is 2.58 bits per heavy atom. The second-order valence-electron chi connectivity index (χ2n) is 9.43. The minimum atomic E-state index is -0.743. The number of amides is 2. The molecule has 2 heterocycles. The van der Waals surface area contributed by atoms with Crippen molar-refractivity contribution in [3.05, 3.63) is 53.6 Å². The first-order valence-corrected chi connectivity index (χ1v) is 12.1. The molecule has 4 rings (SSSR count). The number of carbonyl (C=O) groups is 1. The fourth-order valence-electron chi connectivity index (χ4n) is 4.92. The lowest BCUT2D eigenvalue weighted by molar-refractivity contribution is -0.0157. The molecule has 1 aromatic carbocycles. The summed E-state index contributed by atoms with van der Waals surface area (Å²) in [5.74, 6) is 0.249. The highest BCUT2D eigenvalue weighted by Gasteiger charge is 2.24. The lowest BCUT2D eigenvalue weighted by Crippen LogP contribution is -2.37. The largest absolute Gasteiger partial charge is 0.378 e. The van der Waals surface area contributed by atoms with Crippen LogP contribution in [0.2, 0.25) is 0 Å². The van der Waals surface area contributed by atoms with E-state index < -0.39 is 11.8 Å². The summed E-state index contributed by atoms with van der Waals surface area (Å²) in [6.07, 6.45) is 10.6. The lowest BCUT2D eigenvalue weighted by atomic mass is 9.90. The molecule has 1 aliphatic carbocycles. The number of benzene rings is 1. The molecule has 1 saturated heterocycles. The average Bonchev–Trinajstić information content (AvgIpc) is 2.82. The monoisotopic (exact) mass is 454 g/mol. The van der Waals surface area contributed by atoms with E-state index in [9.17, 15) is 9.18 Å². The molecule has 2 fully saturated rings. The molecule has 2 aromatic rings. The molecular formula is C26H35FN4O2. The first kappa shape index (κ1) is 23.6. The number of carbonyl (C=O) groups excluding carboxylic acids is 1. The van der Waals surface area contributed by atoms with Crippen LogP contribution < -0.4 is 10.6 Å². The molecule has 0 atom stereocenters. The number of nitrogens with two attached hydrogens (primary N) is 1. The Morgan fingerprint density at radius 1 is 1.15 bits per heavy atom. The molecule has 2 amide bonds. The number of piperidine rings is 1. The summed E-state index contributed by atoms with van der Waals surface area (Å²) in [6.45, 7) is 5.35. The Morgan fingerprint density at radius 2 is 1.91 bits per heavy atom. The van der Waals surface area contributed by atoms with Gasteiger partial charge in [-0.25, -0.2) is 9.18 Å². The van der Waals surface area contributed by atoms with Gasteiger partial charge in [0.2, 0.25) is 0 Å². The number of primary amides is 1. The van der Waals surface area contributed by atoms with Gasteiger partial charge in [0, 0.05) is 31.9 Å². The van der Waals surface area contributed by atoms with Gasteiger partial charge >= 0.3 is 6.03 Å². The number of halogens is 1. The standard InChI is InChI=1S/C26H35FN4O2/c1-19-7-9-22(16-29-19)31(26(28)32)25-15-21(8-10-24(25)27)17-30-13-11-23(12-14-30)33-18-20-5-3-2-4-6-20/h7-10,15-16,20,23H,2-6,11-14,17-18H2,1H3,(H2,28,32). The number of urea groups is 1. The van der Waals surface area contributed by atoms with E-state index >= 15 is 0 Å². The quantitative estimate of drug-likeness (QED) is 0.616. The van der Waals surface area contributed by atoms with Gasteiger partial charge < -0.3 is 10.5 Å². The Hall–Kier alpha value is -2.51. The molecule has 33 heavy (non-hydrogen) atoms. The Bertz CT molecular complexity index is 922. The van der Waals surface area contributed by atoms with Crippen LogP contribution in [0.1, 0.15) is 56.2 Å². The molecule has 0 radical (unpaired) electrons. The predicted molar refractivity (Wildman–Crippen MR) is 128 cm³/mol. The van der Waals surface area contributed by atoms with Crippen LogP contribution in [0.5, 0.6) is 0 Å². The molecule has 2 aliphatic rings. The first-order chi connectivity index (χ1) is 16.0. The summed E-state index contributed by atoms with van der Waals surface area (Å²) in [5.41, 5.74) is 7.95. The predicted octanol–water partition coefficient (Wildman–Crippen LogP) is 5.31. The number of nitrogens with zero attached hydrogens (tertiary/aromatic N) is 3. The van der Waals surface area contributed by atoms with Gasteiger partial charge in [-0.3, -0.25) is 14.8 Å².